The van der Waals surface area contributed by atoms with Gasteiger partial charge in [-0.1, -0.05) is 35.9 Å². The molecule has 0 heterocycles. The minimum atomic E-state index is -3.63. The molecule has 5 nitrogen and oxygen atoms in total. The first-order valence-electron chi connectivity index (χ1n) is 6.91. The molecule has 1 amide bonds. The van der Waals surface area contributed by atoms with Gasteiger partial charge in [-0.2, -0.15) is 0 Å². The van der Waals surface area contributed by atoms with Crippen molar-refractivity contribution in [3.05, 3.63) is 64.2 Å². The third kappa shape index (κ3) is 4.10. The number of halogens is 1. The van der Waals surface area contributed by atoms with Gasteiger partial charge in [-0.15, -0.1) is 0 Å². The molecule has 0 atom stereocenters. The molecule has 2 N–H and O–H groups in total. The number of nitrogens with one attached hydrogen (secondary N) is 2. The maximum atomic E-state index is 12.3. The Morgan fingerprint density at radius 3 is 2.52 bits per heavy atom. The average Bonchev–Trinajstić information content (AvgIpc) is 2.54. The molecule has 0 aliphatic carbocycles. The second-order valence-corrected chi connectivity index (χ2v) is 7.25. The van der Waals surface area contributed by atoms with Gasteiger partial charge in [0.1, 0.15) is 0 Å². The number of hydrogen-bond donors (Lipinski definition) is 2. The van der Waals surface area contributed by atoms with E-state index in [9.17, 15) is 13.2 Å². The lowest BCUT2D eigenvalue weighted by atomic mass is 10.1. The minimum absolute atomic E-state index is 0.00885. The van der Waals surface area contributed by atoms with Crippen molar-refractivity contribution >= 4 is 27.5 Å². The van der Waals surface area contributed by atoms with Crippen LogP contribution >= 0.6 is 11.6 Å². The van der Waals surface area contributed by atoms with Crippen molar-refractivity contribution in [1.82, 2.24) is 10.0 Å². The summed E-state index contributed by atoms with van der Waals surface area (Å²) >= 11 is 6.02. The van der Waals surface area contributed by atoms with Crippen LogP contribution in [0, 0.1) is 6.92 Å². The van der Waals surface area contributed by atoms with Crippen molar-refractivity contribution in [2.45, 2.75) is 18.4 Å². The minimum Gasteiger partial charge on any atom is -0.348 e. The Labute approximate surface area is 140 Å². The number of rotatable bonds is 5. The Morgan fingerprint density at radius 2 is 1.87 bits per heavy atom. The molecule has 2 rings (SSSR count). The van der Waals surface area contributed by atoms with E-state index in [1.807, 2.05) is 31.2 Å². The maximum Gasteiger partial charge on any atom is 0.253 e. The van der Waals surface area contributed by atoms with Gasteiger partial charge in [0.15, 0.2) is 0 Å². The largest absolute Gasteiger partial charge is 0.348 e. The summed E-state index contributed by atoms with van der Waals surface area (Å²) in [6, 6.07) is 11.7. The lowest BCUT2D eigenvalue weighted by Crippen LogP contribution is -2.24. The van der Waals surface area contributed by atoms with Crippen LogP contribution in [0.2, 0.25) is 5.02 Å². The number of benzene rings is 2. The summed E-state index contributed by atoms with van der Waals surface area (Å²) in [5.74, 6) is -0.425. The van der Waals surface area contributed by atoms with E-state index in [1.54, 1.807) is 0 Å². The highest BCUT2D eigenvalue weighted by Gasteiger charge is 2.17. The van der Waals surface area contributed by atoms with E-state index in [0.717, 1.165) is 11.1 Å². The zero-order valence-corrected chi connectivity index (χ0v) is 14.3. The molecule has 0 aromatic heterocycles. The standard InChI is InChI=1S/C16H17ClN2O3S/c1-11-5-3-4-6-12(11)10-19-16(20)14-9-13(7-8-15(14)17)23(21,22)18-2/h3-9,18H,10H2,1-2H3,(H,19,20). The average molecular weight is 353 g/mol. The van der Waals surface area contributed by atoms with E-state index in [1.165, 1.54) is 25.2 Å². The second-order valence-electron chi connectivity index (χ2n) is 4.96. The molecule has 0 aliphatic heterocycles. The first kappa shape index (κ1) is 17.5. The molecule has 122 valence electrons. The molecule has 0 bridgehead atoms. The van der Waals surface area contributed by atoms with Gasteiger partial charge in [-0.3, -0.25) is 4.79 Å². The topological polar surface area (TPSA) is 75.3 Å². The van der Waals surface area contributed by atoms with Crippen LogP contribution in [0.5, 0.6) is 0 Å². The van der Waals surface area contributed by atoms with Gasteiger partial charge < -0.3 is 5.32 Å². The number of amides is 1. The van der Waals surface area contributed by atoms with Crippen LogP contribution in [0.1, 0.15) is 21.5 Å². The van der Waals surface area contributed by atoms with E-state index in [0.29, 0.717) is 6.54 Å². The molecule has 0 radical (unpaired) electrons. The van der Waals surface area contributed by atoms with Crippen molar-refractivity contribution in [3.63, 3.8) is 0 Å². The summed E-state index contributed by atoms with van der Waals surface area (Å²) in [5, 5.41) is 2.95. The van der Waals surface area contributed by atoms with Crippen LogP contribution in [-0.2, 0) is 16.6 Å². The SMILES string of the molecule is CNS(=O)(=O)c1ccc(Cl)c(C(=O)NCc2ccccc2C)c1. The normalized spacial score (nSPS) is 11.3. The summed E-state index contributed by atoms with van der Waals surface area (Å²) in [7, 11) is -2.33. The Kier molecular flexibility index (Phi) is 5.41. The predicted octanol–water partition coefficient (Wildman–Crippen LogP) is 2.49. The quantitative estimate of drug-likeness (QED) is 0.868. The Bertz CT molecular complexity index is 835. The molecule has 0 fully saturated rings. The molecule has 0 spiro atoms. The molecule has 2 aromatic carbocycles. The van der Waals surface area contributed by atoms with Crippen LogP contribution in [-0.4, -0.2) is 21.4 Å². The van der Waals surface area contributed by atoms with Gasteiger partial charge in [-0.25, -0.2) is 13.1 Å². The molecule has 0 aliphatic rings. The molecule has 23 heavy (non-hydrogen) atoms. The fourth-order valence-corrected chi connectivity index (χ4v) is 3.00. The van der Waals surface area contributed by atoms with Crippen molar-refractivity contribution < 1.29 is 13.2 Å². The lowest BCUT2D eigenvalue weighted by Gasteiger charge is -2.10. The Hall–Kier alpha value is -1.89. The zero-order valence-electron chi connectivity index (χ0n) is 12.8. The third-order valence-corrected chi connectivity index (χ3v) is 5.20. The zero-order chi connectivity index (χ0) is 17.0. The first-order chi connectivity index (χ1) is 10.8. The lowest BCUT2D eigenvalue weighted by molar-refractivity contribution is 0.0951. The van der Waals surface area contributed by atoms with E-state index in [4.69, 9.17) is 11.6 Å². The molecular formula is C16H17ClN2O3S. The van der Waals surface area contributed by atoms with Crippen LogP contribution in [0.15, 0.2) is 47.4 Å². The van der Waals surface area contributed by atoms with Gasteiger partial charge >= 0.3 is 0 Å². The van der Waals surface area contributed by atoms with Crippen molar-refractivity contribution in [1.29, 1.82) is 0 Å². The molecule has 7 heteroatoms. The number of aryl methyl sites for hydroxylation is 1. The van der Waals surface area contributed by atoms with E-state index >= 15 is 0 Å². The van der Waals surface area contributed by atoms with Crippen LogP contribution in [0.25, 0.3) is 0 Å². The molecule has 0 unspecified atom stereocenters. The number of carbonyl (C=O) groups is 1. The second kappa shape index (κ2) is 7.12. The monoisotopic (exact) mass is 352 g/mol. The summed E-state index contributed by atoms with van der Waals surface area (Å²) in [5.41, 5.74) is 2.16. The molecule has 0 saturated carbocycles. The van der Waals surface area contributed by atoms with E-state index in [-0.39, 0.29) is 15.5 Å². The van der Waals surface area contributed by atoms with Crippen molar-refractivity contribution in [3.8, 4) is 0 Å². The summed E-state index contributed by atoms with van der Waals surface area (Å²) in [4.78, 5) is 12.3. The van der Waals surface area contributed by atoms with Gasteiger partial charge in [0.2, 0.25) is 10.0 Å². The van der Waals surface area contributed by atoms with Crippen LogP contribution in [0.4, 0.5) is 0 Å². The highest BCUT2D eigenvalue weighted by atomic mass is 35.5. The molecular weight excluding hydrogens is 336 g/mol. The van der Waals surface area contributed by atoms with E-state index < -0.39 is 15.9 Å². The smallest absolute Gasteiger partial charge is 0.253 e. The highest BCUT2D eigenvalue weighted by Crippen LogP contribution is 2.20. The number of carbonyl (C=O) groups excluding carboxylic acids is 1. The summed E-state index contributed by atoms with van der Waals surface area (Å²) in [6.07, 6.45) is 0. The number of sulfonamides is 1. The Morgan fingerprint density at radius 1 is 1.17 bits per heavy atom. The van der Waals surface area contributed by atoms with Crippen LogP contribution < -0.4 is 10.0 Å². The van der Waals surface area contributed by atoms with Crippen LogP contribution in [0.3, 0.4) is 0 Å². The summed E-state index contributed by atoms with van der Waals surface area (Å²) < 4.78 is 25.9. The predicted molar refractivity (Wildman–Crippen MR) is 90.0 cm³/mol. The van der Waals surface area contributed by atoms with Gasteiger partial charge in [0.25, 0.3) is 5.91 Å². The molecule has 2 aromatic rings. The van der Waals surface area contributed by atoms with E-state index in [2.05, 4.69) is 10.0 Å². The molecule has 0 saturated heterocycles. The summed E-state index contributed by atoms with van der Waals surface area (Å²) in [6.45, 7) is 2.29. The fraction of sp³-hybridized carbons (Fsp3) is 0.188. The maximum absolute atomic E-state index is 12.3. The number of hydrogen-bond acceptors (Lipinski definition) is 3. The van der Waals surface area contributed by atoms with Gasteiger partial charge in [0.05, 0.1) is 15.5 Å². The Balaban J connectivity index is 2.22. The highest BCUT2D eigenvalue weighted by molar-refractivity contribution is 7.89. The van der Waals surface area contributed by atoms with Crippen molar-refractivity contribution in [2.75, 3.05) is 7.05 Å². The third-order valence-electron chi connectivity index (χ3n) is 3.46. The fourth-order valence-electron chi connectivity index (χ4n) is 2.04. The van der Waals surface area contributed by atoms with Gasteiger partial charge in [0, 0.05) is 6.54 Å². The van der Waals surface area contributed by atoms with Gasteiger partial charge in [-0.05, 0) is 43.3 Å². The van der Waals surface area contributed by atoms with Crippen molar-refractivity contribution in [2.24, 2.45) is 0 Å². The first-order valence-corrected chi connectivity index (χ1v) is 8.77.